The van der Waals surface area contributed by atoms with Crippen molar-refractivity contribution >= 4 is 5.97 Å². The van der Waals surface area contributed by atoms with E-state index in [2.05, 4.69) is 17.0 Å². The predicted octanol–water partition coefficient (Wildman–Crippen LogP) is 5.73. The molecule has 0 saturated carbocycles. The molecule has 5 rings (SSSR count). The Hall–Kier alpha value is -3.90. The van der Waals surface area contributed by atoms with E-state index in [1.165, 1.54) is 5.56 Å². The van der Waals surface area contributed by atoms with Gasteiger partial charge >= 0.3 is 11.7 Å². The van der Waals surface area contributed by atoms with Crippen LogP contribution in [0.5, 0.6) is 0 Å². The molecule has 38 heavy (non-hydrogen) atoms. The highest BCUT2D eigenvalue weighted by Gasteiger charge is 2.32. The first-order chi connectivity index (χ1) is 18.6. The lowest BCUT2D eigenvalue weighted by Gasteiger charge is -2.36. The molecule has 1 unspecified atom stereocenters. The lowest BCUT2D eigenvalue weighted by Crippen LogP contribution is -2.40. The normalized spacial score (nSPS) is 16.2. The summed E-state index contributed by atoms with van der Waals surface area (Å²) in [6.07, 6.45) is 5.63. The van der Waals surface area contributed by atoms with Gasteiger partial charge in [-0.2, -0.15) is 0 Å². The van der Waals surface area contributed by atoms with E-state index < -0.39 is 0 Å². The van der Waals surface area contributed by atoms with Gasteiger partial charge in [0.2, 0.25) is 0 Å². The van der Waals surface area contributed by atoms with E-state index in [1.807, 2.05) is 99.0 Å². The van der Waals surface area contributed by atoms with Gasteiger partial charge < -0.3 is 4.74 Å². The third kappa shape index (κ3) is 5.36. The van der Waals surface area contributed by atoms with Gasteiger partial charge in [0, 0.05) is 12.4 Å². The van der Waals surface area contributed by atoms with Crippen molar-refractivity contribution in [2.45, 2.75) is 44.7 Å². The summed E-state index contributed by atoms with van der Waals surface area (Å²) >= 11 is 0. The monoisotopic (exact) mass is 509 g/mol. The molecule has 1 fully saturated rings. The van der Waals surface area contributed by atoms with Gasteiger partial charge in [0.1, 0.15) is 6.04 Å². The van der Waals surface area contributed by atoms with Crippen LogP contribution < -0.4 is 5.69 Å². The second-order valence-corrected chi connectivity index (χ2v) is 9.91. The average molecular weight is 510 g/mol. The molecule has 196 valence electrons. The van der Waals surface area contributed by atoms with Crippen molar-refractivity contribution < 1.29 is 9.53 Å². The summed E-state index contributed by atoms with van der Waals surface area (Å²) in [5.74, 6) is 0.235. The van der Waals surface area contributed by atoms with E-state index in [9.17, 15) is 9.59 Å². The lowest BCUT2D eigenvalue weighted by atomic mass is 9.88. The minimum absolute atomic E-state index is 0.0382. The number of hydrogen-bond acceptors (Lipinski definition) is 4. The molecule has 4 aromatic rings. The first kappa shape index (κ1) is 25.7. The highest BCUT2D eigenvalue weighted by atomic mass is 16.5. The summed E-state index contributed by atoms with van der Waals surface area (Å²) in [5, 5.41) is 0. The Morgan fingerprint density at radius 3 is 2.08 bits per heavy atom. The second kappa shape index (κ2) is 11.7. The van der Waals surface area contributed by atoms with E-state index in [-0.39, 0.29) is 23.7 Å². The highest BCUT2D eigenvalue weighted by molar-refractivity contribution is 5.77. The van der Waals surface area contributed by atoms with Crippen molar-refractivity contribution in [2.75, 3.05) is 19.7 Å². The summed E-state index contributed by atoms with van der Waals surface area (Å²) in [6.45, 7) is 5.92. The zero-order valence-electron chi connectivity index (χ0n) is 22.1. The third-order valence-corrected chi connectivity index (χ3v) is 7.67. The molecule has 1 saturated heterocycles. The van der Waals surface area contributed by atoms with Crippen LogP contribution in [0.15, 0.2) is 102 Å². The molecule has 2 heterocycles. The Morgan fingerprint density at radius 2 is 1.47 bits per heavy atom. The molecule has 0 amide bonds. The molecule has 3 aromatic carbocycles. The number of likely N-dealkylation sites (tertiary alicyclic amines) is 1. The van der Waals surface area contributed by atoms with Crippen molar-refractivity contribution in [1.29, 1.82) is 0 Å². The van der Waals surface area contributed by atoms with Crippen LogP contribution in [0.4, 0.5) is 0 Å². The van der Waals surface area contributed by atoms with Gasteiger partial charge in [0.25, 0.3) is 0 Å². The first-order valence-corrected chi connectivity index (χ1v) is 13.5. The predicted molar refractivity (Wildman–Crippen MR) is 150 cm³/mol. The summed E-state index contributed by atoms with van der Waals surface area (Å²) in [6, 6.07) is 27.9. The lowest BCUT2D eigenvalue weighted by molar-refractivity contribution is -0.150. The van der Waals surface area contributed by atoms with Crippen molar-refractivity contribution in [2.24, 2.45) is 0 Å². The SMILES string of the molecule is CCOC(=O)C(c1ccccc1)N1CCC(c2ccc(-n3ccn([C@@H](C)c4ccccc4)c3=O)cc2)CC1. The number of ether oxygens (including phenoxy) is 1. The van der Waals surface area contributed by atoms with Crippen LogP contribution >= 0.6 is 0 Å². The molecule has 1 aliphatic heterocycles. The molecule has 6 heteroatoms. The van der Waals surface area contributed by atoms with Crippen LogP contribution in [0.25, 0.3) is 5.69 Å². The number of hydrogen-bond donors (Lipinski definition) is 0. The largest absolute Gasteiger partial charge is 0.465 e. The Bertz CT molecular complexity index is 1390. The molecule has 6 nitrogen and oxygen atoms in total. The molecule has 1 aromatic heterocycles. The number of esters is 1. The van der Waals surface area contributed by atoms with E-state index in [0.717, 1.165) is 42.7 Å². The standard InChI is InChI=1S/C32H35N3O3/c1-3-38-31(36)30(28-12-8-5-9-13-28)33-20-18-27(19-21-33)26-14-16-29(17-15-26)35-23-22-34(32(35)37)24(2)25-10-6-4-7-11-25/h4-17,22-24,27,30H,3,18-21H2,1-2H3/t24-,30?/m0/s1. The number of benzene rings is 3. The fraction of sp³-hybridized carbons (Fsp3) is 0.312. The maximum absolute atomic E-state index is 13.2. The highest BCUT2D eigenvalue weighted by Crippen LogP contribution is 2.33. The second-order valence-electron chi connectivity index (χ2n) is 9.91. The Labute approximate surface area is 224 Å². The van der Waals surface area contributed by atoms with Crippen LogP contribution in [0.3, 0.4) is 0 Å². The fourth-order valence-electron chi connectivity index (χ4n) is 5.52. The molecule has 0 N–H and O–H groups in total. The van der Waals surface area contributed by atoms with Crippen LogP contribution in [-0.2, 0) is 9.53 Å². The maximum atomic E-state index is 13.2. The Kier molecular flexibility index (Phi) is 7.89. The van der Waals surface area contributed by atoms with Gasteiger partial charge in [-0.1, -0.05) is 72.8 Å². The fourth-order valence-corrected chi connectivity index (χ4v) is 5.52. The molecule has 0 radical (unpaired) electrons. The van der Waals surface area contributed by atoms with Crippen LogP contribution in [0.1, 0.15) is 61.4 Å². The summed E-state index contributed by atoms with van der Waals surface area (Å²) in [4.78, 5) is 28.2. The van der Waals surface area contributed by atoms with Crippen molar-refractivity contribution in [1.82, 2.24) is 14.0 Å². The first-order valence-electron chi connectivity index (χ1n) is 13.5. The minimum Gasteiger partial charge on any atom is -0.465 e. The number of imidazole rings is 1. The molecule has 0 bridgehead atoms. The zero-order valence-corrected chi connectivity index (χ0v) is 22.1. The molecule has 2 atom stereocenters. The van der Waals surface area contributed by atoms with Gasteiger partial charge in [0.05, 0.1) is 18.3 Å². The number of carbonyl (C=O) groups is 1. The van der Waals surface area contributed by atoms with Crippen LogP contribution in [0.2, 0.25) is 0 Å². The molecule has 1 aliphatic rings. The van der Waals surface area contributed by atoms with Gasteiger partial charge in [-0.05, 0) is 74.5 Å². The minimum atomic E-state index is -0.367. The Balaban J connectivity index is 1.27. The molecular formula is C32H35N3O3. The molecular weight excluding hydrogens is 474 g/mol. The smallest absolute Gasteiger partial charge is 0.333 e. The number of aromatic nitrogens is 2. The number of rotatable bonds is 8. The van der Waals surface area contributed by atoms with Gasteiger partial charge in [0.15, 0.2) is 0 Å². The van der Waals surface area contributed by atoms with Gasteiger partial charge in [-0.3, -0.25) is 14.0 Å². The maximum Gasteiger partial charge on any atom is 0.333 e. The van der Waals surface area contributed by atoms with Crippen molar-refractivity contribution in [3.63, 3.8) is 0 Å². The van der Waals surface area contributed by atoms with E-state index in [1.54, 1.807) is 9.13 Å². The zero-order chi connectivity index (χ0) is 26.5. The van der Waals surface area contributed by atoms with Crippen LogP contribution in [0, 0.1) is 0 Å². The quantitative estimate of drug-likeness (QED) is 0.285. The van der Waals surface area contributed by atoms with E-state index in [0.29, 0.717) is 12.5 Å². The van der Waals surface area contributed by atoms with Gasteiger partial charge in [-0.25, -0.2) is 9.59 Å². The van der Waals surface area contributed by atoms with Gasteiger partial charge in [-0.15, -0.1) is 0 Å². The number of nitrogens with zero attached hydrogens (tertiary/aromatic N) is 3. The number of carbonyl (C=O) groups excluding carboxylic acids is 1. The van der Waals surface area contributed by atoms with Crippen molar-refractivity contribution in [3.8, 4) is 5.69 Å². The third-order valence-electron chi connectivity index (χ3n) is 7.67. The molecule has 0 aliphatic carbocycles. The van der Waals surface area contributed by atoms with E-state index in [4.69, 9.17) is 4.74 Å². The Morgan fingerprint density at radius 1 is 0.868 bits per heavy atom. The summed E-state index contributed by atoms with van der Waals surface area (Å²) in [5.41, 5.74) is 4.17. The van der Waals surface area contributed by atoms with E-state index >= 15 is 0 Å². The topological polar surface area (TPSA) is 56.5 Å². The summed E-state index contributed by atoms with van der Waals surface area (Å²) < 4.78 is 8.89. The van der Waals surface area contributed by atoms with Crippen LogP contribution in [-0.4, -0.2) is 39.7 Å². The molecule has 0 spiro atoms. The van der Waals surface area contributed by atoms with Crippen molar-refractivity contribution in [3.05, 3.63) is 124 Å². The summed E-state index contributed by atoms with van der Waals surface area (Å²) in [7, 11) is 0. The average Bonchev–Trinajstić information content (AvgIpc) is 3.35. The number of piperidine rings is 1.